The number of sulfonamides is 1. The van der Waals surface area contributed by atoms with Gasteiger partial charge in [0.1, 0.15) is 0 Å². The fourth-order valence-electron chi connectivity index (χ4n) is 2.17. The van der Waals surface area contributed by atoms with Gasteiger partial charge >= 0.3 is 0 Å². The van der Waals surface area contributed by atoms with Crippen molar-refractivity contribution in [3.05, 3.63) is 33.9 Å². The molecule has 0 amide bonds. The summed E-state index contributed by atoms with van der Waals surface area (Å²) in [5.41, 5.74) is 5.48. The maximum absolute atomic E-state index is 12.5. The quantitative estimate of drug-likeness (QED) is 0.575. The molecular weight excluding hydrogens is 330 g/mol. The number of benzene rings is 1. The van der Waals surface area contributed by atoms with E-state index in [0.29, 0.717) is 12.0 Å². The summed E-state index contributed by atoms with van der Waals surface area (Å²) in [6, 6.07) is 3.72. The molecule has 1 rings (SSSR count). The Balaban J connectivity index is 0.00000441. The van der Waals surface area contributed by atoms with Gasteiger partial charge in [0.15, 0.2) is 4.90 Å². The zero-order chi connectivity index (χ0) is 16.2. The van der Waals surface area contributed by atoms with Crippen LogP contribution in [0.5, 0.6) is 0 Å². The third kappa shape index (κ3) is 5.20. The number of nitro benzene ring substituents is 1. The van der Waals surface area contributed by atoms with Gasteiger partial charge in [0.25, 0.3) is 5.69 Å². The fraction of sp³-hybridized carbons (Fsp3) is 0.538. The summed E-state index contributed by atoms with van der Waals surface area (Å²) < 4.78 is 27.4. The number of rotatable bonds is 7. The van der Waals surface area contributed by atoms with Gasteiger partial charge in [-0.1, -0.05) is 26.0 Å². The molecule has 0 bridgehead atoms. The van der Waals surface area contributed by atoms with Crippen molar-refractivity contribution in [2.24, 2.45) is 11.7 Å². The van der Waals surface area contributed by atoms with E-state index in [-0.39, 0.29) is 29.8 Å². The third-order valence-electron chi connectivity index (χ3n) is 3.02. The van der Waals surface area contributed by atoms with Crippen LogP contribution < -0.4 is 10.5 Å². The Morgan fingerprint density at radius 1 is 1.36 bits per heavy atom. The van der Waals surface area contributed by atoms with Crippen LogP contribution in [0.4, 0.5) is 5.69 Å². The van der Waals surface area contributed by atoms with Crippen molar-refractivity contribution in [1.29, 1.82) is 0 Å². The van der Waals surface area contributed by atoms with Crippen LogP contribution in [0.2, 0.25) is 0 Å². The number of aryl methyl sites for hydroxylation is 1. The average Bonchev–Trinajstić information content (AvgIpc) is 2.36. The molecule has 0 heterocycles. The van der Waals surface area contributed by atoms with Gasteiger partial charge in [0.05, 0.1) is 4.92 Å². The van der Waals surface area contributed by atoms with Gasteiger partial charge in [-0.05, 0) is 24.8 Å². The number of nitrogens with one attached hydrogen (secondary N) is 1. The maximum atomic E-state index is 12.5. The Labute approximate surface area is 136 Å². The fourth-order valence-corrected chi connectivity index (χ4v) is 3.83. The largest absolute Gasteiger partial charge is 0.329 e. The Kier molecular flexibility index (Phi) is 7.96. The molecule has 9 heteroatoms. The van der Waals surface area contributed by atoms with Crippen molar-refractivity contribution in [1.82, 2.24) is 4.72 Å². The lowest BCUT2D eigenvalue weighted by molar-refractivity contribution is -0.387. The van der Waals surface area contributed by atoms with E-state index < -0.39 is 26.7 Å². The molecule has 3 N–H and O–H groups in total. The van der Waals surface area contributed by atoms with E-state index in [1.807, 2.05) is 13.8 Å². The van der Waals surface area contributed by atoms with Crippen LogP contribution in [-0.2, 0) is 10.0 Å². The normalized spacial score (nSPS) is 12.8. The van der Waals surface area contributed by atoms with Crippen molar-refractivity contribution in [2.45, 2.75) is 38.1 Å². The van der Waals surface area contributed by atoms with Crippen molar-refractivity contribution >= 4 is 28.1 Å². The predicted octanol–water partition coefficient (Wildman–Crippen LogP) is 1.98. The first-order valence-corrected chi connectivity index (χ1v) is 8.13. The molecule has 0 aliphatic rings. The number of hydrogen-bond donors (Lipinski definition) is 2. The van der Waals surface area contributed by atoms with Gasteiger partial charge < -0.3 is 5.73 Å². The minimum absolute atomic E-state index is 0. The van der Waals surface area contributed by atoms with Gasteiger partial charge in [0.2, 0.25) is 10.0 Å². The first-order valence-electron chi connectivity index (χ1n) is 6.65. The first-order chi connectivity index (χ1) is 9.69. The molecule has 0 fully saturated rings. The SMILES string of the molecule is Cc1cccc([N+](=O)[O-])c1S(=O)(=O)NC(CN)CC(C)C.Cl. The highest BCUT2D eigenvalue weighted by Crippen LogP contribution is 2.27. The number of hydrogen-bond acceptors (Lipinski definition) is 5. The summed E-state index contributed by atoms with van der Waals surface area (Å²) >= 11 is 0. The Morgan fingerprint density at radius 3 is 2.41 bits per heavy atom. The highest BCUT2D eigenvalue weighted by molar-refractivity contribution is 7.89. The van der Waals surface area contributed by atoms with Crippen LogP contribution >= 0.6 is 12.4 Å². The number of nitrogens with zero attached hydrogens (tertiary/aromatic N) is 1. The minimum atomic E-state index is -4.00. The summed E-state index contributed by atoms with van der Waals surface area (Å²) in [6.45, 7) is 5.57. The van der Waals surface area contributed by atoms with Crippen LogP contribution in [0.3, 0.4) is 0 Å². The number of nitro groups is 1. The van der Waals surface area contributed by atoms with Gasteiger partial charge in [-0.15, -0.1) is 12.4 Å². The molecule has 0 radical (unpaired) electrons. The topological polar surface area (TPSA) is 115 Å². The highest BCUT2D eigenvalue weighted by atomic mass is 35.5. The van der Waals surface area contributed by atoms with E-state index in [1.54, 1.807) is 0 Å². The zero-order valence-corrected chi connectivity index (χ0v) is 14.4. The maximum Gasteiger partial charge on any atom is 0.289 e. The van der Waals surface area contributed by atoms with E-state index in [4.69, 9.17) is 5.73 Å². The minimum Gasteiger partial charge on any atom is -0.329 e. The van der Waals surface area contributed by atoms with E-state index in [0.717, 1.165) is 0 Å². The Hall–Kier alpha value is -1.22. The Bertz CT molecular complexity index is 620. The van der Waals surface area contributed by atoms with Crippen LogP contribution in [0.25, 0.3) is 0 Å². The molecule has 0 aliphatic carbocycles. The van der Waals surface area contributed by atoms with Crippen molar-refractivity contribution in [3.8, 4) is 0 Å². The molecule has 126 valence electrons. The lowest BCUT2D eigenvalue weighted by Gasteiger charge is -2.19. The number of nitrogens with two attached hydrogens (primary N) is 1. The van der Waals surface area contributed by atoms with Crippen LogP contribution in [0.1, 0.15) is 25.8 Å². The second-order valence-electron chi connectivity index (χ2n) is 5.36. The molecule has 1 atom stereocenters. The standard InChI is InChI=1S/C13H21N3O4S.ClH/c1-9(2)7-11(8-14)15-21(19,20)13-10(3)5-4-6-12(13)16(17)18;/h4-6,9,11,15H,7-8,14H2,1-3H3;1H. The smallest absolute Gasteiger partial charge is 0.289 e. The van der Waals surface area contributed by atoms with Crippen molar-refractivity contribution in [2.75, 3.05) is 6.54 Å². The van der Waals surface area contributed by atoms with E-state index in [1.165, 1.54) is 25.1 Å². The van der Waals surface area contributed by atoms with Crippen LogP contribution in [0, 0.1) is 23.0 Å². The first kappa shape index (κ1) is 20.8. The van der Waals surface area contributed by atoms with Crippen molar-refractivity contribution in [3.63, 3.8) is 0 Å². The van der Waals surface area contributed by atoms with Crippen molar-refractivity contribution < 1.29 is 13.3 Å². The lowest BCUT2D eigenvalue weighted by atomic mass is 10.1. The van der Waals surface area contributed by atoms with Gasteiger partial charge in [-0.3, -0.25) is 10.1 Å². The van der Waals surface area contributed by atoms with Crippen LogP contribution in [0.15, 0.2) is 23.1 Å². The molecule has 22 heavy (non-hydrogen) atoms. The second kappa shape index (κ2) is 8.42. The summed E-state index contributed by atoms with van der Waals surface area (Å²) in [7, 11) is -4.00. The zero-order valence-electron chi connectivity index (χ0n) is 12.8. The Morgan fingerprint density at radius 2 is 1.95 bits per heavy atom. The molecule has 7 nitrogen and oxygen atoms in total. The third-order valence-corrected chi connectivity index (χ3v) is 4.73. The van der Waals surface area contributed by atoms with Crippen LogP contribution in [-0.4, -0.2) is 25.9 Å². The van der Waals surface area contributed by atoms with E-state index in [9.17, 15) is 18.5 Å². The van der Waals surface area contributed by atoms with E-state index >= 15 is 0 Å². The molecule has 0 saturated heterocycles. The monoisotopic (exact) mass is 351 g/mol. The molecular formula is C13H22ClN3O4S. The highest BCUT2D eigenvalue weighted by Gasteiger charge is 2.29. The van der Waals surface area contributed by atoms with E-state index in [2.05, 4.69) is 4.72 Å². The molecule has 0 aromatic heterocycles. The second-order valence-corrected chi connectivity index (χ2v) is 7.01. The molecule has 0 saturated carbocycles. The summed E-state index contributed by atoms with van der Waals surface area (Å²) in [5.74, 6) is 0.258. The lowest BCUT2D eigenvalue weighted by Crippen LogP contribution is -2.41. The summed E-state index contributed by atoms with van der Waals surface area (Å²) in [6.07, 6.45) is 0.565. The number of halogens is 1. The predicted molar refractivity (Wildman–Crippen MR) is 87.7 cm³/mol. The molecule has 0 spiro atoms. The van der Waals surface area contributed by atoms with Gasteiger partial charge in [0, 0.05) is 18.7 Å². The molecule has 1 unspecified atom stereocenters. The molecule has 1 aromatic carbocycles. The summed E-state index contributed by atoms with van der Waals surface area (Å²) in [4.78, 5) is 10.1. The summed E-state index contributed by atoms with van der Waals surface area (Å²) in [5, 5.41) is 11.0. The average molecular weight is 352 g/mol. The van der Waals surface area contributed by atoms with Gasteiger partial charge in [-0.25, -0.2) is 13.1 Å². The molecule has 0 aliphatic heterocycles. The van der Waals surface area contributed by atoms with Gasteiger partial charge in [-0.2, -0.15) is 0 Å². The molecule has 1 aromatic rings.